The van der Waals surface area contributed by atoms with E-state index in [0.29, 0.717) is 12.2 Å². The average Bonchev–Trinajstić information content (AvgIpc) is 2.54. The van der Waals surface area contributed by atoms with Crippen LogP contribution in [0.2, 0.25) is 0 Å². The maximum absolute atomic E-state index is 11.7. The average molecular weight is 290 g/mol. The van der Waals surface area contributed by atoms with Gasteiger partial charge in [-0.1, -0.05) is 6.08 Å². The molecule has 0 unspecified atom stereocenters. The van der Waals surface area contributed by atoms with Crippen molar-refractivity contribution in [3.05, 3.63) is 36.7 Å². The van der Waals surface area contributed by atoms with Crippen molar-refractivity contribution in [2.75, 3.05) is 51.3 Å². The molecule has 0 bridgehead atoms. The van der Waals surface area contributed by atoms with Gasteiger partial charge in [-0.3, -0.25) is 9.69 Å². The predicted octanol–water partition coefficient (Wildman–Crippen LogP) is 0.741. The first kappa shape index (κ1) is 15.5. The van der Waals surface area contributed by atoms with Gasteiger partial charge in [0.2, 0.25) is 0 Å². The Morgan fingerprint density at radius 2 is 2.24 bits per heavy atom. The highest BCUT2D eigenvalue weighted by Gasteiger charge is 2.09. The summed E-state index contributed by atoms with van der Waals surface area (Å²) in [6.45, 7) is 9.44. The number of amides is 1. The lowest BCUT2D eigenvalue weighted by molar-refractivity contribution is 0.0398. The van der Waals surface area contributed by atoms with Crippen LogP contribution < -0.4 is 10.6 Å². The maximum atomic E-state index is 11.7. The molecule has 1 aliphatic heterocycles. The number of hydrogen-bond acceptors (Lipinski definition) is 5. The Morgan fingerprint density at radius 1 is 1.43 bits per heavy atom. The molecule has 2 heterocycles. The van der Waals surface area contributed by atoms with Crippen molar-refractivity contribution in [3.63, 3.8) is 0 Å². The van der Waals surface area contributed by atoms with Gasteiger partial charge in [0.05, 0.1) is 25.1 Å². The maximum Gasteiger partial charge on any atom is 0.270 e. The SMILES string of the molecule is C=CCNC(=O)c1ccc(NCCN2CCOCC2)cn1. The third-order valence-electron chi connectivity index (χ3n) is 3.26. The molecule has 0 aliphatic carbocycles. The van der Waals surface area contributed by atoms with Crippen molar-refractivity contribution >= 4 is 11.6 Å². The summed E-state index contributed by atoms with van der Waals surface area (Å²) >= 11 is 0. The molecule has 1 saturated heterocycles. The topological polar surface area (TPSA) is 66.5 Å². The molecule has 0 saturated carbocycles. The second-order valence-electron chi connectivity index (χ2n) is 4.81. The van der Waals surface area contributed by atoms with E-state index in [4.69, 9.17) is 4.74 Å². The molecule has 1 aliphatic rings. The zero-order valence-corrected chi connectivity index (χ0v) is 12.2. The quantitative estimate of drug-likeness (QED) is 0.725. The van der Waals surface area contributed by atoms with Gasteiger partial charge < -0.3 is 15.4 Å². The number of hydrogen-bond donors (Lipinski definition) is 2. The summed E-state index contributed by atoms with van der Waals surface area (Å²) in [5.41, 5.74) is 1.33. The van der Waals surface area contributed by atoms with Gasteiger partial charge in [0, 0.05) is 32.7 Å². The van der Waals surface area contributed by atoms with Gasteiger partial charge in [-0.05, 0) is 12.1 Å². The number of ether oxygens (including phenoxy) is 1. The van der Waals surface area contributed by atoms with Crippen molar-refractivity contribution in [3.8, 4) is 0 Å². The number of nitrogens with one attached hydrogen (secondary N) is 2. The molecule has 1 amide bonds. The lowest BCUT2D eigenvalue weighted by Gasteiger charge is -2.26. The van der Waals surface area contributed by atoms with Crippen molar-refractivity contribution in [2.45, 2.75) is 0 Å². The van der Waals surface area contributed by atoms with E-state index in [9.17, 15) is 4.79 Å². The number of anilines is 1. The van der Waals surface area contributed by atoms with E-state index >= 15 is 0 Å². The standard InChI is InChI=1S/C15H22N4O2/c1-2-5-17-15(20)14-4-3-13(12-18-14)16-6-7-19-8-10-21-11-9-19/h2-4,12,16H,1,5-11H2,(H,17,20). The molecule has 1 fully saturated rings. The summed E-state index contributed by atoms with van der Waals surface area (Å²) in [6.07, 6.45) is 3.32. The minimum atomic E-state index is -0.185. The van der Waals surface area contributed by atoms with Crippen LogP contribution in [0.3, 0.4) is 0 Å². The molecule has 0 aromatic carbocycles. The number of carbonyl (C=O) groups excluding carboxylic acids is 1. The number of rotatable bonds is 7. The smallest absolute Gasteiger partial charge is 0.270 e. The highest BCUT2D eigenvalue weighted by Crippen LogP contribution is 2.06. The Labute approximate surface area is 125 Å². The third kappa shape index (κ3) is 5.17. The Balaban J connectivity index is 1.74. The highest BCUT2D eigenvalue weighted by molar-refractivity contribution is 5.92. The molecule has 114 valence electrons. The van der Waals surface area contributed by atoms with Crippen molar-refractivity contribution in [2.24, 2.45) is 0 Å². The van der Waals surface area contributed by atoms with Gasteiger partial charge in [0.25, 0.3) is 5.91 Å². The molecule has 2 rings (SSSR count). The van der Waals surface area contributed by atoms with E-state index in [1.54, 1.807) is 18.3 Å². The zero-order valence-electron chi connectivity index (χ0n) is 12.2. The minimum Gasteiger partial charge on any atom is -0.383 e. The Hall–Kier alpha value is -1.92. The number of pyridine rings is 1. The van der Waals surface area contributed by atoms with Crippen LogP contribution in [0.15, 0.2) is 31.0 Å². The number of nitrogens with zero attached hydrogens (tertiary/aromatic N) is 2. The summed E-state index contributed by atoms with van der Waals surface area (Å²) in [7, 11) is 0. The van der Waals surface area contributed by atoms with Crippen LogP contribution in [-0.4, -0.2) is 61.7 Å². The van der Waals surface area contributed by atoms with Crippen LogP contribution in [0.4, 0.5) is 5.69 Å². The summed E-state index contributed by atoms with van der Waals surface area (Å²) in [4.78, 5) is 18.2. The Bertz CT molecular complexity index is 455. The fourth-order valence-electron chi connectivity index (χ4n) is 2.07. The molecular weight excluding hydrogens is 268 g/mol. The minimum absolute atomic E-state index is 0.185. The van der Waals surface area contributed by atoms with Gasteiger partial charge in [-0.15, -0.1) is 6.58 Å². The molecular formula is C15H22N4O2. The van der Waals surface area contributed by atoms with E-state index < -0.39 is 0 Å². The molecule has 0 atom stereocenters. The molecule has 0 spiro atoms. The van der Waals surface area contributed by atoms with E-state index in [2.05, 4.69) is 27.1 Å². The summed E-state index contributed by atoms with van der Waals surface area (Å²) in [6, 6.07) is 3.59. The van der Waals surface area contributed by atoms with Crippen molar-refractivity contribution < 1.29 is 9.53 Å². The summed E-state index contributed by atoms with van der Waals surface area (Å²) < 4.78 is 5.31. The number of morpholine rings is 1. The normalized spacial score (nSPS) is 15.4. The fourth-order valence-corrected chi connectivity index (χ4v) is 2.07. The molecule has 6 nitrogen and oxygen atoms in total. The van der Waals surface area contributed by atoms with Gasteiger partial charge in [-0.25, -0.2) is 4.98 Å². The molecule has 6 heteroatoms. The second-order valence-corrected chi connectivity index (χ2v) is 4.81. The van der Waals surface area contributed by atoms with Gasteiger partial charge >= 0.3 is 0 Å². The largest absolute Gasteiger partial charge is 0.383 e. The van der Waals surface area contributed by atoms with E-state index in [0.717, 1.165) is 45.1 Å². The van der Waals surface area contributed by atoms with Crippen LogP contribution in [-0.2, 0) is 4.74 Å². The fraction of sp³-hybridized carbons (Fsp3) is 0.467. The Kier molecular flexibility index (Phi) is 6.18. The summed E-state index contributed by atoms with van der Waals surface area (Å²) in [5, 5.41) is 6.00. The molecule has 0 radical (unpaired) electrons. The lowest BCUT2D eigenvalue weighted by Crippen LogP contribution is -2.39. The van der Waals surface area contributed by atoms with Crippen LogP contribution in [0.1, 0.15) is 10.5 Å². The first-order valence-corrected chi connectivity index (χ1v) is 7.18. The monoisotopic (exact) mass is 290 g/mol. The van der Waals surface area contributed by atoms with Gasteiger partial charge in [0.15, 0.2) is 0 Å². The van der Waals surface area contributed by atoms with Crippen molar-refractivity contribution in [1.82, 2.24) is 15.2 Å². The third-order valence-corrected chi connectivity index (χ3v) is 3.26. The first-order chi connectivity index (χ1) is 10.3. The zero-order chi connectivity index (χ0) is 14.9. The molecule has 1 aromatic heterocycles. The van der Waals surface area contributed by atoms with E-state index in [1.807, 2.05) is 6.07 Å². The van der Waals surface area contributed by atoms with Gasteiger partial charge in [-0.2, -0.15) is 0 Å². The van der Waals surface area contributed by atoms with Crippen LogP contribution >= 0.6 is 0 Å². The number of carbonyl (C=O) groups is 1. The second kappa shape index (κ2) is 8.39. The molecule has 2 N–H and O–H groups in total. The van der Waals surface area contributed by atoms with Crippen LogP contribution in [0.25, 0.3) is 0 Å². The van der Waals surface area contributed by atoms with Crippen LogP contribution in [0.5, 0.6) is 0 Å². The van der Waals surface area contributed by atoms with Gasteiger partial charge in [0.1, 0.15) is 5.69 Å². The molecule has 1 aromatic rings. The van der Waals surface area contributed by atoms with Crippen molar-refractivity contribution in [1.29, 1.82) is 0 Å². The highest BCUT2D eigenvalue weighted by atomic mass is 16.5. The number of aromatic nitrogens is 1. The molecule has 21 heavy (non-hydrogen) atoms. The van der Waals surface area contributed by atoms with E-state index in [1.165, 1.54) is 0 Å². The Morgan fingerprint density at radius 3 is 2.90 bits per heavy atom. The predicted molar refractivity (Wildman–Crippen MR) is 82.5 cm³/mol. The van der Waals surface area contributed by atoms with Crippen LogP contribution in [0, 0.1) is 0 Å². The first-order valence-electron chi connectivity index (χ1n) is 7.18. The lowest BCUT2D eigenvalue weighted by atomic mass is 10.3. The van der Waals surface area contributed by atoms with E-state index in [-0.39, 0.29) is 5.91 Å². The summed E-state index contributed by atoms with van der Waals surface area (Å²) in [5.74, 6) is -0.185.